The molecule has 0 amide bonds. The second kappa shape index (κ2) is 9.53. The number of imidazole rings is 1. The Morgan fingerprint density at radius 2 is 2.00 bits per heavy atom. The van der Waals surface area contributed by atoms with Gasteiger partial charge in [0.2, 0.25) is 0 Å². The first-order valence-corrected chi connectivity index (χ1v) is 11.3. The zero-order valence-electron chi connectivity index (χ0n) is 19.1. The van der Waals surface area contributed by atoms with Crippen LogP contribution in [0.4, 0.5) is 0 Å². The summed E-state index contributed by atoms with van der Waals surface area (Å²) >= 11 is 0. The van der Waals surface area contributed by atoms with Crippen LogP contribution in [0, 0.1) is 19.3 Å². The van der Waals surface area contributed by atoms with Crippen LogP contribution in [-0.2, 0) is 19.6 Å². The van der Waals surface area contributed by atoms with Gasteiger partial charge in [-0.15, -0.1) is 6.58 Å². The fraction of sp³-hybridized carbons (Fsp3) is 0.400. The summed E-state index contributed by atoms with van der Waals surface area (Å²) in [6.45, 7) is 12.0. The van der Waals surface area contributed by atoms with Crippen LogP contribution < -0.4 is 5.73 Å². The second-order valence-corrected chi connectivity index (χ2v) is 8.70. The number of fused-ring (bicyclic) bond motifs is 1. The molecule has 0 aliphatic carbocycles. The molecule has 0 atom stereocenters. The van der Waals surface area contributed by atoms with E-state index in [1.165, 1.54) is 11.1 Å². The van der Waals surface area contributed by atoms with Gasteiger partial charge in [-0.3, -0.25) is 15.3 Å². The van der Waals surface area contributed by atoms with Crippen molar-refractivity contribution >= 4 is 17.0 Å². The molecule has 1 saturated heterocycles. The van der Waals surface area contributed by atoms with Gasteiger partial charge in [0.1, 0.15) is 5.82 Å². The van der Waals surface area contributed by atoms with Gasteiger partial charge in [-0.05, 0) is 49.9 Å². The zero-order valence-corrected chi connectivity index (χ0v) is 19.1. The molecule has 0 radical (unpaired) electrons. The largest absolute Gasteiger partial charge is 0.370 e. The maximum absolute atomic E-state index is 7.76. The Morgan fingerprint density at radius 3 is 2.69 bits per heavy atom. The highest BCUT2D eigenvalue weighted by Crippen LogP contribution is 2.24. The summed E-state index contributed by atoms with van der Waals surface area (Å²) < 4.78 is 2.26. The van der Waals surface area contributed by atoms with Gasteiger partial charge in [0, 0.05) is 38.4 Å². The number of allylic oxidation sites excluding steroid dienone is 1. The van der Waals surface area contributed by atoms with Gasteiger partial charge in [-0.2, -0.15) is 0 Å². The van der Waals surface area contributed by atoms with Gasteiger partial charge in [0.15, 0.2) is 5.96 Å². The Balaban J connectivity index is 1.65. The average Bonchev–Trinajstić information content (AvgIpc) is 3.12. The summed E-state index contributed by atoms with van der Waals surface area (Å²) in [7, 11) is 0. The molecule has 3 aromatic rings. The molecule has 0 saturated carbocycles. The van der Waals surface area contributed by atoms with Crippen LogP contribution >= 0.6 is 0 Å². The van der Waals surface area contributed by atoms with E-state index >= 15 is 0 Å². The number of aryl methyl sites for hydroxylation is 2. The molecule has 1 fully saturated rings. The predicted molar refractivity (Wildman–Crippen MR) is 129 cm³/mol. The minimum atomic E-state index is 0.166. The predicted octanol–water partition coefficient (Wildman–Crippen LogP) is 3.59. The van der Waals surface area contributed by atoms with E-state index in [0.717, 1.165) is 68.1 Å². The van der Waals surface area contributed by atoms with Crippen molar-refractivity contribution < 1.29 is 0 Å². The summed E-state index contributed by atoms with van der Waals surface area (Å²) in [6, 6.07) is 10.9. The third kappa shape index (κ3) is 4.67. The number of para-hydroxylation sites is 2. The summed E-state index contributed by atoms with van der Waals surface area (Å²) in [5.41, 5.74) is 11.4. The molecule has 2 aromatic heterocycles. The van der Waals surface area contributed by atoms with Crippen molar-refractivity contribution in [1.29, 1.82) is 5.41 Å². The zero-order chi connectivity index (χ0) is 22.7. The maximum Gasteiger partial charge on any atom is 0.188 e. The molecule has 1 aliphatic rings. The Morgan fingerprint density at radius 1 is 1.25 bits per heavy atom. The number of hydrogen-bond donors (Lipinski definition) is 2. The summed E-state index contributed by atoms with van der Waals surface area (Å²) in [6.07, 6.45) is 5.81. The van der Waals surface area contributed by atoms with E-state index in [4.69, 9.17) is 21.1 Å². The normalized spacial score (nSPS) is 14.9. The van der Waals surface area contributed by atoms with Crippen molar-refractivity contribution in [2.45, 2.75) is 52.4 Å². The number of piperidine rings is 1. The van der Waals surface area contributed by atoms with Crippen molar-refractivity contribution in [1.82, 2.24) is 24.3 Å². The molecule has 3 N–H and O–H groups in total. The lowest BCUT2D eigenvalue weighted by Crippen LogP contribution is -2.48. The highest BCUT2D eigenvalue weighted by Gasteiger charge is 2.27. The van der Waals surface area contributed by atoms with Crippen molar-refractivity contribution in [3.05, 3.63) is 71.8 Å². The first-order chi connectivity index (χ1) is 15.5. The lowest BCUT2D eigenvalue weighted by atomic mass is 10.0. The molecule has 7 nitrogen and oxygen atoms in total. The van der Waals surface area contributed by atoms with Gasteiger partial charge in [0.25, 0.3) is 0 Å². The van der Waals surface area contributed by atoms with Crippen LogP contribution in [0.3, 0.4) is 0 Å². The van der Waals surface area contributed by atoms with Crippen LogP contribution in [0.1, 0.15) is 35.5 Å². The number of aromatic nitrogens is 3. The molecule has 7 heteroatoms. The van der Waals surface area contributed by atoms with Crippen LogP contribution in [0.15, 0.2) is 49.2 Å². The molecule has 0 unspecified atom stereocenters. The Bertz CT molecular complexity index is 1110. The van der Waals surface area contributed by atoms with Crippen molar-refractivity contribution in [2.75, 3.05) is 13.1 Å². The fourth-order valence-electron chi connectivity index (χ4n) is 4.65. The highest BCUT2D eigenvalue weighted by atomic mass is 15.3. The van der Waals surface area contributed by atoms with E-state index in [1.807, 2.05) is 23.2 Å². The number of hydrogen-bond acceptors (Lipinski definition) is 4. The minimum absolute atomic E-state index is 0.166. The first kappa shape index (κ1) is 22.0. The molecule has 0 spiro atoms. The molecular weight excluding hydrogens is 398 g/mol. The first-order valence-electron chi connectivity index (χ1n) is 11.3. The van der Waals surface area contributed by atoms with E-state index in [-0.39, 0.29) is 5.96 Å². The Hall–Kier alpha value is -3.19. The standard InChI is InChI=1S/C25H33N7/c1-4-11-32-23-8-6-5-7-21(23)29-24(32)17-31(16-22-19(3)14-18(2)15-28-22)20-9-12-30(13-10-20)25(26)27/h4-8,14-15,20H,1,9-13,16-17H2,2-3H3,(H3,26,27). The SMILES string of the molecule is C=CCn1c(CN(Cc2ncc(C)cc2C)C2CCN(C(=N)N)CC2)nc2ccccc21. The van der Waals surface area contributed by atoms with E-state index in [9.17, 15) is 0 Å². The van der Waals surface area contributed by atoms with Gasteiger partial charge < -0.3 is 15.2 Å². The van der Waals surface area contributed by atoms with Crippen LogP contribution in [-0.4, -0.2) is 49.4 Å². The molecule has 3 heterocycles. The van der Waals surface area contributed by atoms with E-state index in [2.05, 4.69) is 54.2 Å². The maximum atomic E-state index is 7.76. The number of rotatable bonds is 7. The summed E-state index contributed by atoms with van der Waals surface area (Å²) in [5, 5.41) is 7.76. The number of guanidine groups is 1. The molecule has 1 aliphatic heterocycles. The number of likely N-dealkylation sites (tertiary alicyclic amines) is 1. The smallest absolute Gasteiger partial charge is 0.188 e. The molecule has 0 bridgehead atoms. The third-order valence-electron chi connectivity index (χ3n) is 6.39. The van der Waals surface area contributed by atoms with E-state index in [1.54, 1.807) is 0 Å². The topological polar surface area (TPSA) is 87.1 Å². The fourth-order valence-corrected chi connectivity index (χ4v) is 4.65. The van der Waals surface area contributed by atoms with E-state index in [0.29, 0.717) is 6.04 Å². The Labute approximate surface area is 190 Å². The molecule has 32 heavy (non-hydrogen) atoms. The number of nitrogens with zero attached hydrogens (tertiary/aromatic N) is 5. The number of benzene rings is 1. The monoisotopic (exact) mass is 431 g/mol. The van der Waals surface area contributed by atoms with Crippen molar-refractivity contribution in [2.24, 2.45) is 5.73 Å². The molecule has 168 valence electrons. The Kier molecular flexibility index (Phi) is 6.55. The lowest BCUT2D eigenvalue weighted by Gasteiger charge is -2.38. The molecule has 4 rings (SSSR count). The van der Waals surface area contributed by atoms with Gasteiger partial charge in [-0.25, -0.2) is 4.98 Å². The average molecular weight is 432 g/mol. The van der Waals surface area contributed by atoms with Crippen molar-refractivity contribution in [3.8, 4) is 0 Å². The third-order valence-corrected chi connectivity index (χ3v) is 6.39. The number of nitrogens with one attached hydrogen (secondary N) is 1. The molecular formula is C25H33N7. The van der Waals surface area contributed by atoms with Gasteiger partial charge in [-0.1, -0.05) is 24.3 Å². The van der Waals surface area contributed by atoms with Crippen LogP contribution in [0.5, 0.6) is 0 Å². The lowest BCUT2D eigenvalue weighted by molar-refractivity contribution is 0.115. The van der Waals surface area contributed by atoms with Gasteiger partial charge >= 0.3 is 0 Å². The van der Waals surface area contributed by atoms with Gasteiger partial charge in [0.05, 0.1) is 23.3 Å². The van der Waals surface area contributed by atoms with Crippen LogP contribution in [0.25, 0.3) is 11.0 Å². The number of nitrogens with two attached hydrogens (primary N) is 1. The quantitative estimate of drug-likeness (QED) is 0.339. The molecule has 1 aromatic carbocycles. The minimum Gasteiger partial charge on any atom is -0.370 e. The summed E-state index contributed by atoms with van der Waals surface area (Å²) in [5.74, 6) is 1.21. The highest BCUT2D eigenvalue weighted by molar-refractivity contribution is 5.76. The van der Waals surface area contributed by atoms with Crippen LogP contribution in [0.2, 0.25) is 0 Å². The van der Waals surface area contributed by atoms with Crippen molar-refractivity contribution in [3.63, 3.8) is 0 Å². The number of pyridine rings is 1. The second-order valence-electron chi connectivity index (χ2n) is 8.70. The van der Waals surface area contributed by atoms with E-state index < -0.39 is 0 Å². The summed E-state index contributed by atoms with van der Waals surface area (Å²) in [4.78, 5) is 14.2.